The quantitative estimate of drug-likeness (QED) is 0.771. The smallest absolute Gasteiger partial charge is 0.306 e. The molecule has 5 nitrogen and oxygen atoms in total. The third-order valence-electron chi connectivity index (χ3n) is 5.39. The lowest BCUT2D eigenvalue weighted by Gasteiger charge is -2.29. The maximum Gasteiger partial charge on any atom is 0.329 e. The van der Waals surface area contributed by atoms with E-state index < -0.39 is 0 Å². The van der Waals surface area contributed by atoms with Gasteiger partial charge in [0.05, 0.1) is 5.39 Å². The standard InChI is InChI=1S/C20H23N3O2S/c1-3-13-4-6-14(7-5-13)16-12-26-18-17(16)19(24)23(20(25)21-18)15-8-10-22(2)11-9-15/h4-7,12,15H,3,8-11H2,1-2H3,(H,21,25). The highest BCUT2D eigenvalue weighted by Crippen LogP contribution is 2.31. The van der Waals surface area contributed by atoms with Gasteiger partial charge in [0.1, 0.15) is 4.83 Å². The summed E-state index contributed by atoms with van der Waals surface area (Å²) in [4.78, 5) is 31.6. The first-order chi connectivity index (χ1) is 12.6. The fourth-order valence-electron chi connectivity index (χ4n) is 3.75. The average Bonchev–Trinajstić information content (AvgIpc) is 3.07. The number of aromatic amines is 1. The summed E-state index contributed by atoms with van der Waals surface area (Å²) in [6.07, 6.45) is 2.65. The Hall–Kier alpha value is -2.18. The van der Waals surface area contributed by atoms with Crippen molar-refractivity contribution in [3.05, 3.63) is 56.0 Å². The molecule has 0 aliphatic carbocycles. The number of hydrogen-bond donors (Lipinski definition) is 1. The van der Waals surface area contributed by atoms with E-state index in [1.54, 1.807) is 0 Å². The van der Waals surface area contributed by atoms with Crippen LogP contribution in [-0.2, 0) is 6.42 Å². The first-order valence-electron chi connectivity index (χ1n) is 9.12. The summed E-state index contributed by atoms with van der Waals surface area (Å²) in [5, 5.41) is 2.61. The summed E-state index contributed by atoms with van der Waals surface area (Å²) in [6.45, 7) is 3.94. The highest BCUT2D eigenvalue weighted by molar-refractivity contribution is 7.17. The van der Waals surface area contributed by atoms with Crippen LogP contribution >= 0.6 is 11.3 Å². The van der Waals surface area contributed by atoms with Crippen molar-refractivity contribution < 1.29 is 0 Å². The second kappa shape index (κ2) is 6.85. The fraction of sp³-hybridized carbons (Fsp3) is 0.400. The van der Waals surface area contributed by atoms with Crippen molar-refractivity contribution in [3.8, 4) is 11.1 Å². The fourth-order valence-corrected chi connectivity index (χ4v) is 4.70. The Morgan fingerprint density at radius 1 is 1.15 bits per heavy atom. The number of nitrogens with one attached hydrogen (secondary N) is 1. The first-order valence-corrected chi connectivity index (χ1v) is 10.0. The largest absolute Gasteiger partial charge is 0.329 e. The van der Waals surface area contributed by atoms with Crippen LogP contribution in [0.15, 0.2) is 39.2 Å². The van der Waals surface area contributed by atoms with Crippen LogP contribution in [0.5, 0.6) is 0 Å². The number of aromatic nitrogens is 2. The van der Waals surface area contributed by atoms with E-state index in [9.17, 15) is 9.59 Å². The molecule has 1 aromatic carbocycles. The van der Waals surface area contributed by atoms with Crippen molar-refractivity contribution in [3.63, 3.8) is 0 Å². The van der Waals surface area contributed by atoms with Crippen molar-refractivity contribution >= 4 is 21.6 Å². The zero-order valence-electron chi connectivity index (χ0n) is 15.1. The number of piperidine rings is 1. The molecule has 0 spiro atoms. The van der Waals surface area contributed by atoms with E-state index in [-0.39, 0.29) is 17.3 Å². The summed E-state index contributed by atoms with van der Waals surface area (Å²) in [5.41, 5.74) is 2.76. The van der Waals surface area contributed by atoms with Gasteiger partial charge in [0.2, 0.25) is 0 Å². The van der Waals surface area contributed by atoms with E-state index in [1.807, 2.05) is 5.38 Å². The monoisotopic (exact) mass is 369 g/mol. The maximum absolute atomic E-state index is 13.2. The number of rotatable bonds is 3. The predicted molar refractivity (Wildman–Crippen MR) is 107 cm³/mol. The molecular weight excluding hydrogens is 346 g/mol. The Morgan fingerprint density at radius 3 is 2.50 bits per heavy atom. The van der Waals surface area contributed by atoms with Gasteiger partial charge in [-0.2, -0.15) is 0 Å². The van der Waals surface area contributed by atoms with Gasteiger partial charge in [0, 0.05) is 17.0 Å². The SMILES string of the molecule is CCc1ccc(-c2csc3[nH]c(=O)n(C4CCN(C)CC4)c(=O)c23)cc1. The molecule has 0 unspecified atom stereocenters. The number of fused-ring (bicyclic) bond motifs is 1. The number of likely N-dealkylation sites (tertiary alicyclic amines) is 1. The van der Waals surface area contributed by atoms with E-state index in [2.05, 4.69) is 48.1 Å². The van der Waals surface area contributed by atoms with Crippen molar-refractivity contribution in [2.75, 3.05) is 20.1 Å². The van der Waals surface area contributed by atoms with Crippen molar-refractivity contribution in [2.45, 2.75) is 32.2 Å². The Kier molecular flexibility index (Phi) is 4.54. The zero-order valence-corrected chi connectivity index (χ0v) is 15.9. The third-order valence-corrected chi connectivity index (χ3v) is 6.28. The van der Waals surface area contributed by atoms with Crippen LogP contribution < -0.4 is 11.2 Å². The van der Waals surface area contributed by atoms with Gasteiger partial charge in [-0.05, 0) is 50.5 Å². The van der Waals surface area contributed by atoms with Gasteiger partial charge in [-0.25, -0.2) is 4.79 Å². The second-order valence-electron chi connectivity index (χ2n) is 7.04. The van der Waals surface area contributed by atoms with Crippen molar-refractivity contribution in [2.24, 2.45) is 0 Å². The van der Waals surface area contributed by atoms with Gasteiger partial charge in [-0.3, -0.25) is 14.3 Å². The molecule has 1 fully saturated rings. The van der Waals surface area contributed by atoms with Crippen LogP contribution in [0.25, 0.3) is 21.3 Å². The Morgan fingerprint density at radius 2 is 1.85 bits per heavy atom. The highest BCUT2D eigenvalue weighted by atomic mass is 32.1. The average molecular weight is 369 g/mol. The molecule has 6 heteroatoms. The molecule has 1 N–H and O–H groups in total. The minimum atomic E-state index is -0.285. The summed E-state index contributed by atoms with van der Waals surface area (Å²) < 4.78 is 1.45. The van der Waals surface area contributed by atoms with Gasteiger partial charge in [-0.1, -0.05) is 31.2 Å². The van der Waals surface area contributed by atoms with E-state index in [4.69, 9.17) is 0 Å². The molecular formula is C20H23N3O2S. The molecule has 0 saturated carbocycles. The maximum atomic E-state index is 13.2. The first kappa shape index (κ1) is 17.2. The number of aryl methyl sites for hydroxylation is 1. The van der Waals surface area contributed by atoms with Crippen LogP contribution in [0.2, 0.25) is 0 Å². The molecule has 1 aliphatic heterocycles. The molecule has 26 heavy (non-hydrogen) atoms. The normalized spacial score (nSPS) is 16.4. The van der Waals surface area contributed by atoms with Gasteiger partial charge >= 0.3 is 5.69 Å². The number of nitrogens with zero attached hydrogens (tertiary/aromatic N) is 2. The van der Waals surface area contributed by atoms with Gasteiger partial charge < -0.3 is 4.90 Å². The zero-order chi connectivity index (χ0) is 18.3. The number of benzene rings is 1. The second-order valence-corrected chi connectivity index (χ2v) is 7.92. The summed E-state index contributed by atoms with van der Waals surface area (Å²) in [7, 11) is 2.07. The van der Waals surface area contributed by atoms with Gasteiger partial charge in [-0.15, -0.1) is 11.3 Å². The molecule has 0 amide bonds. The van der Waals surface area contributed by atoms with Crippen LogP contribution in [0, 0.1) is 0 Å². The van der Waals surface area contributed by atoms with Crippen LogP contribution in [0.4, 0.5) is 0 Å². The van der Waals surface area contributed by atoms with E-state index >= 15 is 0 Å². The van der Waals surface area contributed by atoms with E-state index in [0.29, 0.717) is 10.2 Å². The number of H-pyrrole nitrogens is 1. The van der Waals surface area contributed by atoms with Gasteiger partial charge in [0.15, 0.2) is 0 Å². The molecule has 4 rings (SSSR count). The predicted octanol–water partition coefficient (Wildman–Crippen LogP) is 3.25. The van der Waals surface area contributed by atoms with Crippen LogP contribution in [-0.4, -0.2) is 34.6 Å². The molecule has 3 heterocycles. The molecule has 3 aromatic rings. The van der Waals surface area contributed by atoms with Crippen molar-refractivity contribution in [1.82, 2.24) is 14.5 Å². The van der Waals surface area contributed by atoms with E-state index in [1.165, 1.54) is 21.5 Å². The molecule has 1 aliphatic rings. The van der Waals surface area contributed by atoms with Crippen LogP contribution in [0.1, 0.15) is 31.4 Å². The molecule has 0 radical (unpaired) electrons. The summed E-state index contributed by atoms with van der Waals surface area (Å²) in [5.74, 6) is 0. The molecule has 2 aromatic heterocycles. The minimum absolute atomic E-state index is 0.0259. The van der Waals surface area contributed by atoms with Crippen LogP contribution in [0.3, 0.4) is 0 Å². The lowest BCUT2D eigenvalue weighted by atomic mass is 10.0. The Labute approximate surface area is 155 Å². The molecule has 0 bridgehead atoms. The number of thiophene rings is 1. The molecule has 1 saturated heterocycles. The van der Waals surface area contributed by atoms with Gasteiger partial charge in [0.25, 0.3) is 5.56 Å². The Bertz CT molecular complexity index is 1040. The summed E-state index contributed by atoms with van der Waals surface area (Å²) >= 11 is 1.43. The lowest BCUT2D eigenvalue weighted by molar-refractivity contribution is 0.216. The van der Waals surface area contributed by atoms with E-state index in [0.717, 1.165) is 43.5 Å². The molecule has 0 atom stereocenters. The highest BCUT2D eigenvalue weighted by Gasteiger charge is 2.23. The topological polar surface area (TPSA) is 58.1 Å². The molecule has 136 valence electrons. The van der Waals surface area contributed by atoms with Crippen molar-refractivity contribution in [1.29, 1.82) is 0 Å². The number of hydrogen-bond acceptors (Lipinski definition) is 4. The Balaban J connectivity index is 1.85. The third kappa shape index (κ3) is 2.93. The summed E-state index contributed by atoms with van der Waals surface area (Å²) in [6, 6.07) is 8.29. The lowest BCUT2D eigenvalue weighted by Crippen LogP contribution is -2.42. The minimum Gasteiger partial charge on any atom is -0.306 e.